The number of hydrogen-bond donors (Lipinski definition) is 0. The zero-order valence-corrected chi connectivity index (χ0v) is 18.9. The van der Waals surface area contributed by atoms with Gasteiger partial charge in [0.05, 0.1) is 6.61 Å². The van der Waals surface area contributed by atoms with Crippen molar-refractivity contribution < 1.29 is 13.9 Å². The van der Waals surface area contributed by atoms with Gasteiger partial charge in [-0.25, -0.2) is 4.39 Å². The van der Waals surface area contributed by atoms with Crippen LogP contribution < -0.4 is 4.74 Å². The van der Waals surface area contributed by atoms with E-state index in [1.165, 1.54) is 76.1 Å². The first-order chi connectivity index (χ1) is 15.7. The van der Waals surface area contributed by atoms with Crippen LogP contribution in [-0.2, 0) is 11.3 Å². The summed E-state index contributed by atoms with van der Waals surface area (Å²) in [5.41, 5.74) is 1.31. The van der Waals surface area contributed by atoms with Gasteiger partial charge in [0.25, 0.3) is 0 Å². The van der Waals surface area contributed by atoms with E-state index in [1.54, 1.807) is 12.1 Å². The van der Waals surface area contributed by atoms with Gasteiger partial charge in [-0.3, -0.25) is 4.90 Å². The van der Waals surface area contributed by atoms with Crippen LogP contribution >= 0.6 is 0 Å². The lowest BCUT2D eigenvalue weighted by atomic mass is 10.1. The Morgan fingerprint density at radius 1 is 0.812 bits per heavy atom. The Balaban J connectivity index is 0.971. The first-order valence-electron chi connectivity index (χ1n) is 12.3. The number of hydrogen-bond acceptors (Lipinski definition) is 4. The van der Waals surface area contributed by atoms with Gasteiger partial charge >= 0.3 is 0 Å². The lowest BCUT2D eigenvalue weighted by Crippen LogP contribution is -2.31. The molecule has 172 valence electrons. The molecule has 4 nitrogen and oxygen atoms in total. The predicted octanol–water partition coefficient (Wildman–Crippen LogP) is 5.19. The molecule has 2 heterocycles. The van der Waals surface area contributed by atoms with Crippen molar-refractivity contribution in [2.45, 2.75) is 32.2 Å². The predicted molar refractivity (Wildman–Crippen MR) is 124 cm³/mol. The molecule has 3 fully saturated rings. The van der Waals surface area contributed by atoms with Crippen LogP contribution in [0.4, 0.5) is 4.39 Å². The van der Waals surface area contributed by atoms with Crippen LogP contribution in [0.2, 0.25) is 0 Å². The summed E-state index contributed by atoms with van der Waals surface area (Å²) < 4.78 is 24.8. The van der Waals surface area contributed by atoms with E-state index < -0.39 is 0 Å². The van der Waals surface area contributed by atoms with E-state index in [2.05, 4.69) is 21.9 Å². The third kappa shape index (κ3) is 5.69. The minimum Gasteiger partial charge on any atom is -0.457 e. The summed E-state index contributed by atoms with van der Waals surface area (Å²) in [6.45, 7) is 9.03. The highest BCUT2D eigenvalue weighted by atomic mass is 19.1. The summed E-state index contributed by atoms with van der Waals surface area (Å²) in [7, 11) is 0. The van der Waals surface area contributed by atoms with Crippen molar-refractivity contribution in [1.82, 2.24) is 9.80 Å². The maximum absolute atomic E-state index is 13.0. The fourth-order valence-electron chi connectivity index (χ4n) is 5.47. The first-order valence-corrected chi connectivity index (χ1v) is 12.3. The highest BCUT2D eigenvalue weighted by molar-refractivity contribution is 5.33. The lowest BCUT2D eigenvalue weighted by molar-refractivity contribution is 0.0967. The molecule has 0 radical (unpaired) electrons. The van der Waals surface area contributed by atoms with Crippen LogP contribution in [0.1, 0.15) is 31.2 Å². The molecular weight excluding hydrogens is 403 g/mol. The summed E-state index contributed by atoms with van der Waals surface area (Å²) in [5, 5.41) is 0. The molecule has 3 aliphatic rings. The molecule has 2 aromatic rings. The van der Waals surface area contributed by atoms with Crippen molar-refractivity contribution in [3.05, 3.63) is 59.9 Å². The van der Waals surface area contributed by atoms with Crippen LogP contribution in [0.3, 0.4) is 0 Å². The van der Waals surface area contributed by atoms with Crippen molar-refractivity contribution in [3.63, 3.8) is 0 Å². The minimum atomic E-state index is -0.252. The Morgan fingerprint density at radius 3 is 2.16 bits per heavy atom. The monoisotopic (exact) mass is 438 g/mol. The van der Waals surface area contributed by atoms with Gasteiger partial charge in [-0.15, -0.1) is 0 Å². The summed E-state index contributed by atoms with van der Waals surface area (Å²) in [6, 6.07) is 14.4. The molecule has 1 saturated carbocycles. The number of halogens is 1. The van der Waals surface area contributed by atoms with Crippen LogP contribution in [0.25, 0.3) is 0 Å². The van der Waals surface area contributed by atoms with Crippen molar-refractivity contribution in [3.8, 4) is 11.5 Å². The van der Waals surface area contributed by atoms with Gasteiger partial charge in [0.1, 0.15) is 17.3 Å². The van der Waals surface area contributed by atoms with Gasteiger partial charge in [-0.05, 0) is 92.1 Å². The molecule has 0 spiro atoms. The van der Waals surface area contributed by atoms with Crippen LogP contribution in [0.5, 0.6) is 11.5 Å². The topological polar surface area (TPSA) is 24.9 Å². The van der Waals surface area contributed by atoms with Crippen molar-refractivity contribution in [2.24, 2.45) is 17.8 Å². The van der Waals surface area contributed by atoms with E-state index in [0.29, 0.717) is 5.75 Å². The Labute approximate surface area is 191 Å². The second-order valence-electron chi connectivity index (χ2n) is 9.72. The average Bonchev–Trinajstić information content (AvgIpc) is 3.27. The Bertz CT molecular complexity index is 839. The quantitative estimate of drug-likeness (QED) is 0.477. The molecule has 0 bridgehead atoms. The lowest BCUT2D eigenvalue weighted by Gasteiger charge is -2.26. The molecule has 5 rings (SSSR count). The number of likely N-dealkylation sites (tertiary alicyclic amines) is 2. The average molecular weight is 439 g/mol. The summed E-state index contributed by atoms with van der Waals surface area (Å²) in [5.74, 6) is 3.63. The molecule has 5 heteroatoms. The van der Waals surface area contributed by atoms with Crippen LogP contribution in [-0.4, -0.2) is 55.7 Å². The van der Waals surface area contributed by atoms with Crippen LogP contribution in [0, 0.1) is 23.6 Å². The molecular formula is C27H35FN2O2. The van der Waals surface area contributed by atoms with Gasteiger partial charge in [-0.1, -0.05) is 18.6 Å². The van der Waals surface area contributed by atoms with Gasteiger partial charge in [0, 0.05) is 32.8 Å². The van der Waals surface area contributed by atoms with Gasteiger partial charge in [-0.2, -0.15) is 0 Å². The Kier molecular flexibility index (Phi) is 7.06. The molecule has 0 unspecified atom stereocenters. The smallest absolute Gasteiger partial charge is 0.127 e. The molecule has 1 aliphatic carbocycles. The maximum atomic E-state index is 13.0. The third-order valence-electron chi connectivity index (χ3n) is 7.35. The van der Waals surface area contributed by atoms with Gasteiger partial charge in [0.15, 0.2) is 0 Å². The summed E-state index contributed by atoms with van der Waals surface area (Å²) >= 11 is 0. The fourth-order valence-corrected chi connectivity index (χ4v) is 5.47. The van der Waals surface area contributed by atoms with E-state index in [4.69, 9.17) is 9.47 Å². The van der Waals surface area contributed by atoms with E-state index >= 15 is 0 Å². The molecule has 0 amide bonds. The number of piperidine rings is 2. The molecule has 2 saturated heterocycles. The number of nitrogens with zero attached hydrogens (tertiary/aromatic N) is 2. The SMILES string of the molecule is Fc1ccc(Oc2ccc(CN3C[C@@H]4[C@H](COCCCN5CCCCC5)[C@@H]4C3)cc2)cc1. The van der Waals surface area contributed by atoms with Crippen LogP contribution in [0.15, 0.2) is 48.5 Å². The summed E-state index contributed by atoms with van der Waals surface area (Å²) in [6.07, 6.45) is 5.33. The largest absolute Gasteiger partial charge is 0.457 e. The zero-order chi connectivity index (χ0) is 21.8. The van der Waals surface area contributed by atoms with Gasteiger partial charge < -0.3 is 14.4 Å². The molecule has 32 heavy (non-hydrogen) atoms. The molecule has 0 N–H and O–H groups in total. The maximum Gasteiger partial charge on any atom is 0.127 e. The number of ether oxygens (including phenoxy) is 2. The van der Waals surface area contributed by atoms with Crippen molar-refractivity contribution in [1.29, 1.82) is 0 Å². The molecule has 3 atom stereocenters. The van der Waals surface area contributed by atoms with Crippen molar-refractivity contribution >= 4 is 0 Å². The Morgan fingerprint density at radius 2 is 1.47 bits per heavy atom. The third-order valence-corrected chi connectivity index (χ3v) is 7.35. The first kappa shape index (κ1) is 21.9. The van der Waals surface area contributed by atoms with E-state index in [0.717, 1.165) is 43.3 Å². The fraction of sp³-hybridized carbons (Fsp3) is 0.556. The standard InChI is InChI=1S/C27H35FN2O2/c28-22-7-11-24(12-8-22)32-23-9-5-21(6-10-23)17-30-18-25-26(19-30)27(25)20-31-16-4-15-29-13-2-1-3-14-29/h5-12,25-27H,1-4,13-20H2/t25-,26+,27-. The van der Waals surface area contributed by atoms with Gasteiger partial charge in [0.2, 0.25) is 0 Å². The highest BCUT2D eigenvalue weighted by Crippen LogP contribution is 2.52. The van der Waals surface area contributed by atoms with E-state index in [1.807, 2.05) is 12.1 Å². The molecule has 0 aromatic heterocycles. The second-order valence-corrected chi connectivity index (χ2v) is 9.72. The number of fused-ring (bicyclic) bond motifs is 1. The van der Waals surface area contributed by atoms with Crippen molar-refractivity contribution in [2.75, 3.05) is 45.9 Å². The summed E-state index contributed by atoms with van der Waals surface area (Å²) in [4.78, 5) is 5.16. The number of benzene rings is 2. The zero-order valence-electron chi connectivity index (χ0n) is 18.9. The Hall–Kier alpha value is -1.95. The molecule has 2 aliphatic heterocycles. The van der Waals surface area contributed by atoms with E-state index in [9.17, 15) is 4.39 Å². The normalized spacial score (nSPS) is 25.6. The highest BCUT2D eigenvalue weighted by Gasteiger charge is 2.55. The minimum absolute atomic E-state index is 0.252. The number of rotatable bonds is 10. The second kappa shape index (κ2) is 10.3. The van der Waals surface area contributed by atoms with E-state index in [-0.39, 0.29) is 5.82 Å². The molecule has 2 aromatic carbocycles.